The summed E-state index contributed by atoms with van der Waals surface area (Å²) in [6.07, 6.45) is 0.902. The van der Waals surface area contributed by atoms with Crippen LogP contribution in [0.5, 0.6) is 0 Å². The van der Waals surface area contributed by atoms with E-state index in [0.29, 0.717) is 5.92 Å². The van der Waals surface area contributed by atoms with Crippen molar-refractivity contribution in [2.24, 2.45) is 0 Å². The van der Waals surface area contributed by atoms with Crippen LogP contribution in [0, 0.1) is 0 Å². The van der Waals surface area contributed by atoms with Crippen molar-refractivity contribution in [3.05, 3.63) is 34.9 Å². The number of aldehydes is 1. The van der Waals surface area contributed by atoms with Gasteiger partial charge in [0, 0.05) is 18.7 Å². The van der Waals surface area contributed by atoms with Crippen LogP contribution in [0.1, 0.15) is 34.3 Å². The first-order valence-corrected chi connectivity index (χ1v) is 4.60. The lowest BCUT2D eigenvalue weighted by atomic mass is 9.91. The van der Waals surface area contributed by atoms with Crippen molar-refractivity contribution < 1.29 is 4.79 Å². The normalized spacial score (nSPS) is 20.8. The summed E-state index contributed by atoms with van der Waals surface area (Å²) < 4.78 is 0. The maximum absolute atomic E-state index is 10.6. The van der Waals surface area contributed by atoms with Gasteiger partial charge < -0.3 is 5.32 Å². The molecule has 1 aliphatic heterocycles. The van der Waals surface area contributed by atoms with E-state index >= 15 is 0 Å². The van der Waals surface area contributed by atoms with Crippen LogP contribution in [0.3, 0.4) is 0 Å². The number of carbonyl (C=O) groups is 1. The molecule has 0 amide bonds. The number of nitrogens with one attached hydrogen (secondary N) is 1. The van der Waals surface area contributed by atoms with Crippen LogP contribution in [0.15, 0.2) is 18.2 Å². The zero-order chi connectivity index (χ0) is 9.26. The van der Waals surface area contributed by atoms with E-state index in [1.165, 1.54) is 11.1 Å². The molecule has 68 valence electrons. The molecule has 1 aliphatic rings. The van der Waals surface area contributed by atoms with Crippen molar-refractivity contribution in [2.45, 2.75) is 19.4 Å². The van der Waals surface area contributed by atoms with Gasteiger partial charge in [-0.05, 0) is 23.1 Å². The monoisotopic (exact) mass is 175 g/mol. The van der Waals surface area contributed by atoms with Gasteiger partial charge in [0.15, 0.2) is 0 Å². The maximum atomic E-state index is 10.6. The van der Waals surface area contributed by atoms with Crippen molar-refractivity contribution in [3.63, 3.8) is 0 Å². The second-order valence-electron chi connectivity index (χ2n) is 3.61. The fourth-order valence-corrected chi connectivity index (χ4v) is 1.87. The molecule has 2 rings (SSSR count). The Labute approximate surface area is 78.0 Å². The number of hydrogen-bond acceptors (Lipinski definition) is 2. The van der Waals surface area contributed by atoms with Gasteiger partial charge in [-0.25, -0.2) is 0 Å². The Morgan fingerprint density at radius 3 is 3.15 bits per heavy atom. The third kappa shape index (κ3) is 1.49. The second-order valence-corrected chi connectivity index (χ2v) is 3.61. The summed E-state index contributed by atoms with van der Waals surface area (Å²) in [6.45, 7) is 4.13. The van der Waals surface area contributed by atoms with E-state index in [1.807, 2.05) is 12.1 Å². The average Bonchev–Trinajstić information content (AvgIpc) is 2.18. The van der Waals surface area contributed by atoms with E-state index in [1.54, 1.807) is 0 Å². The highest BCUT2D eigenvalue weighted by Crippen LogP contribution is 2.23. The van der Waals surface area contributed by atoms with Gasteiger partial charge >= 0.3 is 0 Å². The molecule has 0 unspecified atom stereocenters. The minimum Gasteiger partial charge on any atom is -0.312 e. The highest BCUT2D eigenvalue weighted by atomic mass is 16.1. The van der Waals surface area contributed by atoms with Crippen LogP contribution in [-0.2, 0) is 6.54 Å². The Morgan fingerprint density at radius 2 is 2.38 bits per heavy atom. The SMILES string of the molecule is C[C@H]1CNCc2cc(C=O)ccc21. The van der Waals surface area contributed by atoms with E-state index in [4.69, 9.17) is 0 Å². The van der Waals surface area contributed by atoms with Gasteiger partial charge in [-0.3, -0.25) is 4.79 Å². The standard InChI is InChI=1S/C11H13NO/c1-8-5-12-6-10-4-9(7-13)2-3-11(8)10/h2-4,7-8,12H,5-6H2,1H3/t8-/m0/s1. The van der Waals surface area contributed by atoms with Crippen LogP contribution in [-0.4, -0.2) is 12.8 Å². The van der Waals surface area contributed by atoms with E-state index in [2.05, 4.69) is 18.3 Å². The zero-order valence-electron chi connectivity index (χ0n) is 7.71. The van der Waals surface area contributed by atoms with Gasteiger partial charge in [-0.15, -0.1) is 0 Å². The highest BCUT2D eigenvalue weighted by Gasteiger charge is 2.15. The lowest BCUT2D eigenvalue weighted by molar-refractivity contribution is 0.112. The van der Waals surface area contributed by atoms with Crippen LogP contribution < -0.4 is 5.32 Å². The summed E-state index contributed by atoms with van der Waals surface area (Å²) in [5, 5.41) is 3.33. The molecule has 0 aliphatic carbocycles. The maximum Gasteiger partial charge on any atom is 0.150 e. The summed E-state index contributed by atoms with van der Waals surface area (Å²) in [4.78, 5) is 10.6. The molecule has 1 N–H and O–H groups in total. The number of benzene rings is 1. The fourth-order valence-electron chi connectivity index (χ4n) is 1.87. The Bertz CT molecular complexity index is 333. The van der Waals surface area contributed by atoms with E-state index in [-0.39, 0.29) is 0 Å². The molecule has 0 radical (unpaired) electrons. The summed E-state index contributed by atoms with van der Waals surface area (Å²) in [6, 6.07) is 5.95. The molecular weight excluding hydrogens is 162 g/mol. The Balaban J connectivity index is 2.45. The van der Waals surface area contributed by atoms with Gasteiger partial charge in [0.25, 0.3) is 0 Å². The molecule has 0 fully saturated rings. The smallest absolute Gasteiger partial charge is 0.150 e. The van der Waals surface area contributed by atoms with Crippen LogP contribution in [0.2, 0.25) is 0 Å². The predicted octanol–water partition coefficient (Wildman–Crippen LogP) is 1.71. The summed E-state index contributed by atoms with van der Waals surface area (Å²) in [5.74, 6) is 0.560. The molecule has 0 saturated carbocycles. The van der Waals surface area contributed by atoms with Crippen molar-refractivity contribution in [3.8, 4) is 0 Å². The zero-order valence-corrected chi connectivity index (χ0v) is 7.71. The van der Waals surface area contributed by atoms with Gasteiger partial charge in [0.2, 0.25) is 0 Å². The van der Waals surface area contributed by atoms with Crippen LogP contribution in [0.4, 0.5) is 0 Å². The number of rotatable bonds is 1. The first-order chi connectivity index (χ1) is 6.31. The van der Waals surface area contributed by atoms with Crippen LogP contribution >= 0.6 is 0 Å². The van der Waals surface area contributed by atoms with Crippen molar-refractivity contribution in [1.29, 1.82) is 0 Å². The lowest BCUT2D eigenvalue weighted by Gasteiger charge is -2.23. The molecule has 0 aromatic heterocycles. The third-order valence-corrected chi connectivity index (χ3v) is 2.60. The minimum atomic E-state index is 0.560. The Kier molecular flexibility index (Phi) is 2.15. The molecule has 0 bridgehead atoms. The Morgan fingerprint density at radius 1 is 1.54 bits per heavy atom. The highest BCUT2D eigenvalue weighted by molar-refractivity contribution is 5.75. The molecule has 1 atom stereocenters. The van der Waals surface area contributed by atoms with E-state index in [0.717, 1.165) is 24.9 Å². The number of carbonyl (C=O) groups excluding carboxylic acids is 1. The fraction of sp³-hybridized carbons (Fsp3) is 0.364. The van der Waals surface area contributed by atoms with Crippen molar-refractivity contribution >= 4 is 6.29 Å². The molecule has 0 spiro atoms. The summed E-state index contributed by atoms with van der Waals surface area (Å²) in [7, 11) is 0. The summed E-state index contributed by atoms with van der Waals surface area (Å²) >= 11 is 0. The first-order valence-electron chi connectivity index (χ1n) is 4.60. The molecule has 13 heavy (non-hydrogen) atoms. The van der Waals surface area contributed by atoms with E-state index in [9.17, 15) is 4.79 Å². The van der Waals surface area contributed by atoms with Crippen molar-refractivity contribution in [2.75, 3.05) is 6.54 Å². The van der Waals surface area contributed by atoms with Gasteiger partial charge in [0.1, 0.15) is 6.29 Å². The Hall–Kier alpha value is -1.15. The molecule has 2 heteroatoms. The van der Waals surface area contributed by atoms with Crippen molar-refractivity contribution in [1.82, 2.24) is 5.32 Å². The summed E-state index contributed by atoms with van der Waals surface area (Å²) in [5.41, 5.74) is 3.42. The van der Waals surface area contributed by atoms with Gasteiger partial charge in [-0.2, -0.15) is 0 Å². The second kappa shape index (κ2) is 3.30. The lowest BCUT2D eigenvalue weighted by Crippen LogP contribution is -2.26. The largest absolute Gasteiger partial charge is 0.312 e. The third-order valence-electron chi connectivity index (χ3n) is 2.60. The van der Waals surface area contributed by atoms with Gasteiger partial charge in [0.05, 0.1) is 0 Å². The topological polar surface area (TPSA) is 29.1 Å². The average molecular weight is 175 g/mol. The predicted molar refractivity (Wildman–Crippen MR) is 52.0 cm³/mol. The van der Waals surface area contributed by atoms with Crippen LogP contribution in [0.25, 0.3) is 0 Å². The number of hydrogen-bond donors (Lipinski definition) is 1. The van der Waals surface area contributed by atoms with Gasteiger partial charge in [-0.1, -0.05) is 19.1 Å². The first kappa shape index (κ1) is 8.45. The molecule has 1 aromatic carbocycles. The molecule has 1 heterocycles. The molecule has 2 nitrogen and oxygen atoms in total. The quantitative estimate of drug-likeness (QED) is 0.658. The molecular formula is C11H13NO. The number of fused-ring (bicyclic) bond motifs is 1. The molecule has 1 aromatic rings. The minimum absolute atomic E-state index is 0.560. The van der Waals surface area contributed by atoms with E-state index < -0.39 is 0 Å². The molecule has 0 saturated heterocycles.